The molecule has 0 radical (unpaired) electrons. The SMILES string of the molecule is O=[P+](O)CC(F)(F)F. The molecular weight excluding hydrogens is 144 g/mol. The van der Waals surface area contributed by atoms with Crippen LogP contribution in [0.2, 0.25) is 0 Å². The molecule has 1 N–H and O–H groups in total. The zero-order chi connectivity index (χ0) is 6.78. The second-order valence-electron chi connectivity index (χ2n) is 1.13. The topological polar surface area (TPSA) is 37.3 Å². The Kier molecular flexibility index (Phi) is 2.37. The van der Waals surface area contributed by atoms with Gasteiger partial charge in [-0.15, -0.1) is 0 Å². The molecule has 2 nitrogen and oxygen atoms in total. The summed E-state index contributed by atoms with van der Waals surface area (Å²) in [5, 5.41) is 0. The maximum atomic E-state index is 11.0. The fraction of sp³-hybridized carbons (Fsp3) is 1.00. The molecule has 1 atom stereocenters. The van der Waals surface area contributed by atoms with E-state index in [2.05, 4.69) is 0 Å². The van der Waals surface area contributed by atoms with Gasteiger partial charge in [0, 0.05) is 0 Å². The van der Waals surface area contributed by atoms with Gasteiger partial charge in [-0.2, -0.15) is 18.1 Å². The summed E-state index contributed by atoms with van der Waals surface area (Å²) in [6.07, 6.45) is -6.12. The Hall–Kier alpha value is -0.150. The largest absolute Gasteiger partial charge is 0.515 e. The van der Waals surface area contributed by atoms with Gasteiger partial charge in [0.05, 0.1) is 0 Å². The van der Waals surface area contributed by atoms with Crippen molar-refractivity contribution in [3.63, 3.8) is 0 Å². The molecule has 8 heavy (non-hydrogen) atoms. The minimum absolute atomic E-state index is 1.61. The lowest BCUT2D eigenvalue weighted by atomic mass is 10.8. The van der Waals surface area contributed by atoms with Crippen molar-refractivity contribution in [2.75, 3.05) is 6.16 Å². The molecular formula is C2H3F3O2P+. The molecule has 0 rings (SSSR count). The molecule has 0 heterocycles. The van der Waals surface area contributed by atoms with Crippen molar-refractivity contribution >= 4 is 8.03 Å². The van der Waals surface area contributed by atoms with Gasteiger partial charge in [-0.25, -0.2) is 0 Å². The van der Waals surface area contributed by atoms with Crippen LogP contribution in [-0.2, 0) is 4.57 Å². The van der Waals surface area contributed by atoms with Gasteiger partial charge in [-0.1, -0.05) is 0 Å². The van der Waals surface area contributed by atoms with Crippen LogP contribution in [0.3, 0.4) is 0 Å². The van der Waals surface area contributed by atoms with E-state index in [1.165, 1.54) is 0 Å². The van der Waals surface area contributed by atoms with Crippen LogP contribution in [-0.4, -0.2) is 17.2 Å². The number of alkyl halides is 3. The van der Waals surface area contributed by atoms with Gasteiger partial charge >= 0.3 is 14.2 Å². The van der Waals surface area contributed by atoms with Gasteiger partial charge in [-0.05, 0) is 4.57 Å². The Labute approximate surface area is 44.2 Å². The summed E-state index contributed by atoms with van der Waals surface area (Å²) in [5.41, 5.74) is 0. The number of hydrogen-bond donors (Lipinski definition) is 1. The lowest BCUT2D eigenvalue weighted by Crippen LogP contribution is -2.10. The summed E-state index contributed by atoms with van der Waals surface area (Å²) in [7, 11) is -3.06. The summed E-state index contributed by atoms with van der Waals surface area (Å²) in [6.45, 7) is 0. The van der Waals surface area contributed by atoms with Crippen LogP contribution in [0.4, 0.5) is 13.2 Å². The summed E-state index contributed by atoms with van der Waals surface area (Å²) in [5.74, 6) is 0. The van der Waals surface area contributed by atoms with Crippen LogP contribution in [0, 0.1) is 0 Å². The minimum atomic E-state index is -4.51. The fourth-order valence-electron chi connectivity index (χ4n) is 0.153. The molecule has 6 heteroatoms. The van der Waals surface area contributed by atoms with Gasteiger partial charge in [0.25, 0.3) is 6.16 Å². The molecule has 0 fully saturated rings. The van der Waals surface area contributed by atoms with E-state index in [0.29, 0.717) is 0 Å². The molecule has 0 aromatic carbocycles. The third-order valence-corrected chi connectivity index (χ3v) is 0.944. The van der Waals surface area contributed by atoms with E-state index in [1.54, 1.807) is 0 Å². The molecule has 0 aliphatic heterocycles. The summed E-state index contributed by atoms with van der Waals surface area (Å²) in [6, 6.07) is 0. The van der Waals surface area contributed by atoms with E-state index in [-0.39, 0.29) is 0 Å². The monoisotopic (exact) mass is 147 g/mol. The Bertz CT molecular complexity index is 97.9. The van der Waals surface area contributed by atoms with Crippen molar-refractivity contribution in [1.29, 1.82) is 0 Å². The highest BCUT2D eigenvalue weighted by Gasteiger charge is 2.38. The molecule has 0 bridgehead atoms. The first-order valence-corrected chi connectivity index (χ1v) is 3.02. The van der Waals surface area contributed by atoms with Crippen molar-refractivity contribution in [1.82, 2.24) is 0 Å². The molecule has 0 aromatic heterocycles. The van der Waals surface area contributed by atoms with Crippen LogP contribution >= 0.6 is 8.03 Å². The summed E-state index contributed by atoms with van der Waals surface area (Å²) < 4.78 is 42.3. The lowest BCUT2D eigenvalue weighted by molar-refractivity contribution is -0.107. The molecule has 0 aliphatic rings. The van der Waals surface area contributed by atoms with Crippen LogP contribution in [0.5, 0.6) is 0 Å². The molecule has 48 valence electrons. The van der Waals surface area contributed by atoms with E-state index in [0.717, 1.165) is 0 Å². The average Bonchev–Trinajstić information content (AvgIpc) is 1.21. The molecule has 1 unspecified atom stereocenters. The molecule has 0 aromatic rings. The fourth-order valence-corrected chi connectivity index (χ4v) is 0.460. The van der Waals surface area contributed by atoms with Crippen molar-refractivity contribution in [2.45, 2.75) is 6.18 Å². The third-order valence-electron chi connectivity index (χ3n) is 0.315. The first-order valence-electron chi connectivity index (χ1n) is 1.62. The quantitative estimate of drug-likeness (QED) is 0.567. The number of halogens is 3. The molecule has 0 aliphatic carbocycles. The van der Waals surface area contributed by atoms with E-state index >= 15 is 0 Å². The predicted molar refractivity (Wildman–Crippen MR) is 20.7 cm³/mol. The van der Waals surface area contributed by atoms with Gasteiger partial charge < -0.3 is 0 Å². The second-order valence-corrected chi connectivity index (χ2v) is 2.15. The highest BCUT2D eigenvalue weighted by Crippen LogP contribution is 2.26. The first kappa shape index (κ1) is 7.85. The number of hydrogen-bond acceptors (Lipinski definition) is 1. The Morgan fingerprint density at radius 1 is 1.50 bits per heavy atom. The summed E-state index contributed by atoms with van der Waals surface area (Å²) in [4.78, 5) is 7.68. The van der Waals surface area contributed by atoms with Gasteiger partial charge in [0.1, 0.15) is 0 Å². The Morgan fingerprint density at radius 3 is 1.88 bits per heavy atom. The maximum Gasteiger partial charge on any atom is 0.515 e. The van der Waals surface area contributed by atoms with Crippen molar-refractivity contribution in [3.8, 4) is 0 Å². The van der Waals surface area contributed by atoms with Crippen LogP contribution < -0.4 is 0 Å². The van der Waals surface area contributed by atoms with Gasteiger partial charge in [0.15, 0.2) is 0 Å². The highest BCUT2D eigenvalue weighted by atomic mass is 31.1. The molecule has 0 amide bonds. The first-order chi connectivity index (χ1) is 3.42. The average molecular weight is 147 g/mol. The van der Waals surface area contributed by atoms with Gasteiger partial charge in [0.2, 0.25) is 0 Å². The standard InChI is InChI=1S/C2H2F3O2P/c3-2(4,5)1-8(6)7/h1H2/p+1. The van der Waals surface area contributed by atoms with Crippen molar-refractivity contribution in [3.05, 3.63) is 0 Å². The zero-order valence-corrected chi connectivity index (χ0v) is 4.54. The van der Waals surface area contributed by atoms with Crippen molar-refractivity contribution < 1.29 is 22.6 Å². The molecule has 0 saturated carbocycles. The second kappa shape index (κ2) is 2.42. The van der Waals surface area contributed by atoms with E-state index in [1.807, 2.05) is 0 Å². The smallest absolute Gasteiger partial charge is 0.166 e. The predicted octanol–water partition coefficient (Wildman–Crippen LogP) is 1.28. The lowest BCUT2D eigenvalue weighted by Gasteiger charge is -1.92. The third kappa shape index (κ3) is 5.85. The minimum Gasteiger partial charge on any atom is -0.166 e. The van der Waals surface area contributed by atoms with Crippen LogP contribution in [0.1, 0.15) is 0 Å². The number of rotatable bonds is 1. The molecule has 0 saturated heterocycles. The Morgan fingerprint density at radius 2 is 1.88 bits per heavy atom. The normalized spacial score (nSPS) is 13.8. The van der Waals surface area contributed by atoms with E-state index in [9.17, 15) is 17.7 Å². The van der Waals surface area contributed by atoms with E-state index < -0.39 is 20.4 Å². The Balaban J connectivity index is 3.55. The zero-order valence-electron chi connectivity index (χ0n) is 3.64. The maximum absolute atomic E-state index is 11.0. The van der Waals surface area contributed by atoms with E-state index in [4.69, 9.17) is 4.89 Å². The molecule has 0 spiro atoms. The van der Waals surface area contributed by atoms with Gasteiger partial charge in [-0.3, -0.25) is 0 Å². The summed E-state index contributed by atoms with van der Waals surface area (Å²) >= 11 is 0. The van der Waals surface area contributed by atoms with Crippen LogP contribution in [0.15, 0.2) is 0 Å². The highest BCUT2D eigenvalue weighted by molar-refractivity contribution is 7.38. The van der Waals surface area contributed by atoms with Crippen molar-refractivity contribution in [2.24, 2.45) is 0 Å². The van der Waals surface area contributed by atoms with Crippen LogP contribution in [0.25, 0.3) is 0 Å².